The Morgan fingerprint density at radius 2 is 1.92 bits per heavy atom. The maximum absolute atomic E-state index is 12.6. The van der Waals surface area contributed by atoms with Crippen LogP contribution in [-0.4, -0.2) is 25.9 Å². The van der Waals surface area contributed by atoms with Crippen LogP contribution in [0.15, 0.2) is 48.7 Å². The number of phenols is 1. The van der Waals surface area contributed by atoms with E-state index in [0.29, 0.717) is 29.3 Å². The quantitative estimate of drug-likeness (QED) is 0.459. The first-order valence-corrected chi connectivity index (χ1v) is 13.8. The topological polar surface area (TPSA) is 68.0 Å². The summed E-state index contributed by atoms with van der Waals surface area (Å²) < 4.78 is 1.94. The lowest BCUT2D eigenvalue weighted by Gasteiger charge is -2.48. The number of carbonyl (C=O) groups is 1. The molecule has 4 atom stereocenters. The smallest absolute Gasteiger partial charge is 0.139 e. The molecule has 3 aromatic rings. The molecule has 1 heterocycles. The van der Waals surface area contributed by atoms with Gasteiger partial charge < -0.3 is 5.11 Å². The van der Waals surface area contributed by atoms with Crippen LogP contribution in [0.25, 0.3) is 0 Å². The molecule has 6 rings (SSSR count). The Labute approximate surface area is 213 Å². The number of hydrogen-bond donors (Lipinski definition) is 1. The maximum atomic E-state index is 12.6. The molecule has 0 bridgehead atoms. The molecule has 1 aromatic heterocycles. The number of phenolic OH excluding ortho intramolecular Hbond substituents is 1. The summed E-state index contributed by atoms with van der Waals surface area (Å²) in [4.78, 5) is 12.6. The van der Waals surface area contributed by atoms with Gasteiger partial charge in [-0.25, -0.2) is 0 Å². The number of rotatable bonds is 7. The van der Waals surface area contributed by atoms with Crippen LogP contribution in [0, 0.1) is 17.3 Å². The number of carbonyl (C=O) groups excluding carboxylic acids is 1. The number of ketones is 1. The van der Waals surface area contributed by atoms with Crippen molar-refractivity contribution >= 4 is 5.78 Å². The predicted molar refractivity (Wildman–Crippen MR) is 140 cm³/mol. The van der Waals surface area contributed by atoms with Gasteiger partial charge in [-0.3, -0.25) is 9.48 Å². The fourth-order valence-corrected chi connectivity index (χ4v) is 7.54. The van der Waals surface area contributed by atoms with Crippen molar-refractivity contribution < 1.29 is 9.90 Å². The highest BCUT2D eigenvalue weighted by Gasteiger charge is 2.54. The molecule has 0 amide bonds. The van der Waals surface area contributed by atoms with E-state index in [1.54, 1.807) is 0 Å². The van der Waals surface area contributed by atoms with Crippen molar-refractivity contribution in [2.24, 2.45) is 17.3 Å². The van der Waals surface area contributed by atoms with E-state index in [4.69, 9.17) is 0 Å². The Balaban J connectivity index is 1.09. The Morgan fingerprint density at radius 3 is 2.78 bits per heavy atom. The summed E-state index contributed by atoms with van der Waals surface area (Å²) >= 11 is 0. The minimum Gasteiger partial charge on any atom is -0.508 e. The first-order chi connectivity index (χ1) is 17.5. The third-order valence-electron chi connectivity index (χ3n) is 9.57. The number of aromatic hydroxyl groups is 1. The molecule has 2 aromatic carbocycles. The number of fused-ring (bicyclic) bond motifs is 5. The fourth-order valence-electron chi connectivity index (χ4n) is 7.54. The lowest BCUT2D eigenvalue weighted by atomic mass is 9.55. The second-order valence-electron chi connectivity index (χ2n) is 11.6. The maximum Gasteiger partial charge on any atom is 0.139 e. The standard InChI is InChI=1S/C31H37N3O2/c1-31-16-15-25-26(28(31)13-14-30(31)36)12-10-22-19-29(35)23(18-27(22)25)8-5-17-34-20-24(32-33-34)11-9-21-6-3-2-4-7-21/h2-4,6-7,18-20,25-26,28,35H,5,8-17H2,1H3/t25-,26+,28-,31-/m0/s1. The van der Waals surface area contributed by atoms with Crippen molar-refractivity contribution in [2.45, 2.75) is 83.6 Å². The number of hydrogen-bond acceptors (Lipinski definition) is 4. The van der Waals surface area contributed by atoms with Crippen LogP contribution >= 0.6 is 0 Å². The van der Waals surface area contributed by atoms with Gasteiger partial charge in [0.1, 0.15) is 11.5 Å². The summed E-state index contributed by atoms with van der Waals surface area (Å²) in [6.45, 7) is 3.03. The van der Waals surface area contributed by atoms with Crippen LogP contribution in [0.3, 0.4) is 0 Å². The molecule has 5 heteroatoms. The molecule has 2 saturated carbocycles. The lowest BCUT2D eigenvalue weighted by Crippen LogP contribution is -2.42. The van der Waals surface area contributed by atoms with E-state index in [-0.39, 0.29) is 5.41 Å². The van der Waals surface area contributed by atoms with Gasteiger partial charge in [0, 0.05) is 24.6 Å². The summed E-state index contributed by atoms with van der Waals surface area (Å²) in [6, 6.07) is 14.8. The molecule has 0 saturated heterocycles. The second-order valence-corrected chi connectivity index (χ2v) is 11.6. The van der Waals surface area contributed by atoms with E-state index in [2.05, 4.69) is 53.8 Å². The molecule has 2 fully saturated rings. The van der Waals surface area contributed by atoms with Crippen LogP contribution in [0.2, 0.25) is 0 Å². The van der Waals surface area contributed by atoms with Gasteiger partial charge in [-0.15, -0.1) is 5.10 Å². The number of benzene rings is 2. The average Bonchev–Trinajstić information content (AvgIpc) is 3.47. The van der Waals surface area contributed by atoms with Crippen molar-refractivity contribution in [3.8, 4) is 5.75 Å². The molecule has 188 valence electrons. The summed E-state index contributed by atoms with van der Waals surface area (Å²) in [6.07, 6.45) is 11.8. The van der Waals surface area contributed by atoms with Gasteiger partial charge in [0.2, 0.25) is 0 Å². The van der Waals surface area contributed by atoms with Crippen molar-refractivity contribution in [1.29, 1.82) is 0 Å². The Hall–Kier alpha value is -2.95. The monoisotopic (exact) mass is 483 g/mol. The number of nitrogens with zero attached hydrogens (tertiary/aromatic N) is 3. The van der Waals surface area contributed by atoms with Gasteiger partial charge in [-0.1, -0.05) is 48.5 Å². The van der Waals surface area contributed by atoms with E-state index in [1.165, 1.54) is 16.7 Å². The zero-order valence-electron chi connectivity index (χ0n) is 21.3. The molecule has 3 aliphatic rings. The third kappa shape index (κ3) is 4.27. The van der Waals surface area contributed by atoms with Crippen LogP contribution < -0.4 is 0 Å². The Bertz CT molecular complexity index is 1250. The Kier molecular flexibility index (Phi) is 6.18. The van der Waals surface area contributed by atoms with E-state index < -0.39 is 0 Å². The number of aromatic nitrogens is 3. The van der Waals surface area contributed by atoms with E-state index in [1.807, 2.05) is 16.8 Å². The molecule has 36 heavy (non-hydrogen) atoms. The van der Waals surface area contributed by atoms with Gasteiger partial charge >= 0.3 is 0 Å². The van der Waals surface area contributed by atoms with Crippen LogP contribution in [0.5, 0.6) is 5.75 Å². The van der Waals surface area contributed by atoms with Crippen molar-refractivity contribution in [2.75, 3.05) is 0 Å². The van der Waals surface area contributed by atoms with Crippen molar-refractivity contribution in [1.82, 2.24) is 15.0 Å². The fraction of sp³-hybridized carbons (Fsp3) is 0.516. The van der Waals surface area contributed by atoms with Gasteiger partial charge in [0.25, 0.3) is 0 Å². The SMILES string of the molecule is C[C@]12CC[C@@H]3c4cc(CCCn5cc(CCc6ccccc6)nn5)c(O)cc4CC[C@H]3[C@@H]1CCC2=O. The number of aryl methyl sites for hydroxylation is 5. The summed E-state index contributed by atoms with van der Waals surface area (Å²) in [5, 5.41) is 19.5. The van der Waals surface area contributed by atoms with Gasteiger partial charge in [0.05, 0.1) is 5.69 Å². The van der Waals surface area contributed by atoms with E-state index in [9.17, 15) is 9.90 Å². The molecule has 0 aliphatic heterocycles. The molecule has 1 N–H and O–H groups in total. The summed E-state index contributed by atoms with van der Waals surface area (Å²) in [5.74, 6) is 2.63. The van der Waals surface area contributed by atoms with Gasteiger partial charge in [-0.2, -0.15) is 0 Å². The van der Waals surface area contributed by atoms with Crippen LogP contribution in [0.4, 0.5) is 0 Å². The zero-order chi connectivity index (χ0) is 24.7. The van der Waals surface area contributed by atoms with Gasteiger partial charge in [0.15, 0.2) is 0 Å². The van der Waals surface area contributed by atoms with E-state index >= 15 is 0 Å². The normalized spacial score (nSPS) is 26.9. The molecule has 5 nitrogen and oxygen atoms in total. The predicted octanol–water partition coefficient (Wildman–Crippen LogP) is 5.83. The highest BCUT2D eigenvalue weighted by Crippen LogP contribution is 2.59. The van der Waals surface area contributed by atoms with Crippen LogP contribution in [-0.2, 0) is 37.0 Å². The molecule has 0 unspecified atom stereocenters. The average molecular weight is 484 g/mol. The molecule has 3 aliphatic carbocycles. The van der Waals surface area contributed by atoms with Gasteiger partial charge in [-0.05, 0) is 104 Å². The second kappa shape index (κ2) is 9.49. The Morgan fingerprint density at radius 1 is 1.06 bits per heavy atom. The first kappa shape index (κ1) is 23.4. The van der Waals surface area contributed by atoms with Crippen molar-refractivity contribution in [3.63, 3.8) is 0 Å². The van der Waals surface area contributed by atoms with Crippen LogP contribution in [0.1, 0.15) is 79.3 Å². The summed E-state index contributed by atoms with van der Waals surface area (Å²) in [5.41, 5.74) is 6.08. The van der Waals surface area contributed by atoms with E-state index in [0.717, 1.165) is 82.0 Å². The molecule has 0 spiro atoms. The zero-order valence-corrected chi connectivity index (χ0v) is 21.3. The third-order valence-corrected chi connectivity index (χ3v) is 9.57. The molecular weight excluding hydrogens is 446 g/mol. The largest absolute Gasteiger partial charge is 0.508 e. The molecular formula is C31H37N3O2. The highest BCUT2D eigenvalue weighted by atomic mass is 16.3. The van der Waals surface area contributed by atoms with Crippen molar-refractivity contribution in [3.05, 3.63) is 76.6 Å². The number of Topliss-reactive ketones (excluding diaryl/α,β-unsaturated/α-hetero) is 1. The highest BCUT2D eigenvalue weighted by molar-refractivity contribution is 5.87. The summed E-state index contributed by atoms with van der Waals surface area (Å²) in [7, 11) is 0. The minimum absolute atomic E-state index is 0.0871. The first-order valence-electron chi connectivity index (χ1n) is 13.8. The molecule has 0 radical (unpaired) electrons. The minimum atomic E-state index is -0.0871. The lowest BCUT2D eigenvalue weighted by molar-refractivity contribution is -0.129.